The second-order valence-corrected chi connectivity index (χ2v) is 9.37. The van der Waals surface area contributed by atoms with Gasteiger partial charge in [0.2, 0.25) is 0 Å². The minimum Gasteiger partial charge on any atom is -0.508 e. The van der Waals surface area contributed by atoms with Gasteiger partial charge in [-0.15, -0.1) is 0 Å². The average molecular weight is 464 g/mol. The molecule has 0 saturated heterocycles. The van der Waals surface area contributed by atoms with E-state index in [1.807, 2.05) is 30.3 Å². The molecule has 3 aromatic rings. The van der Waals surface area contributed by atoms with Gasteiger partial charge in [0.05, 0.1) is 16.1 Å². The Morgan fingerprint density at radius 2 is 1.62 bits per heavy atom. The van der Waals surface area contributed by atoms with Gasteiger partial charge in [-0.25, -0.2) is 8.42 Å². The van der Waals surface area contributed by atoms with Gasteiger partial charge in [-0.1, -0.05) is 42.5 Å². The number of aryl methyl sites for hydroxylation is 2. The van der Waals surface area contributed by atoms with Crippen LogP contribution in [0.4, 0.5) is 18.9 Å². The fourth-order valence-corrected chi connectivity index (χ4v) is 5.26. The Hall–Kier alpha value is -3.00. The molecule has 1 N–H and O–H groups in total. The van der Waals surface area contributed by atoms with Crippen LogP contribution in [0, 0.1) is 6.92 Å². The predicted octanol–water partition coefficient (Wildman–Crippen LogP) is 5.94. The molecule has 0 saturated carbocycles. The lowest BCUT2D eigenvalue weighted by Crippen LogP contribution is -2.33. The molecule has 0 amide bonds. The predicted molar refractivity (Wildman–Crippen MR) is 118 cm³/mol. The number of halogens is 3. The van der Waals surface area contributed by atoms with Gasteiger partial charge in [-0.2, -0.15) is 13.2 Å². The highest BCUT2D eigenvalue weighted by molar-refractivity contribution is 7.92. The summed E-state index contributed by atoms with van der Waals surface area (Å²) < 4.78 is 68.7. The van der Waals surface area contributed by atoms with Gasteiger partial charge in [0, 0.05) is 12.6 Å². The quantitative estimate of drug-likeness (QED) is 0.421. The minimum absolute atomic E-state index is 0.0239. The molecule has 32 heavy (non-hydrogen) atoms. The molecule has 0 spiro atoms. The molecule has 0 aromatic heterocycles. The summed E-state index contributed by atoms with van der Waals surface area (Å²) in [6, 6.07) is 18.2. The topological polar surface area (TPSA) is 57.6 Å². The maximum absolute atomic E-state index is 13.6. The molecule has 0 radical (unpaired) electrons. The summed E-state index contributed by atoms with van der Waals surface area (Å²) in [5.41, 5.74) is 0.394. The van der Waals surface area contributed by atoms with Crippen molar-refractivity contribution in [3.8, 4) is 5.75 Å². The fraction of sp³-hybridized carbons (Fsp3) is 0.250. The molecule has 0 heterocycles. The van der Waals surface area contributed by atoms with Crippen LogP contribution in [0.25, 0.3) is 0 Å². The number of phenols is 1. The van der Waals surface area contributed by atoms with E-state index in [-0.39, 0.29) is 18.0 Å². The summed E-state index contributed by atoms with van der Waals surface area (Å²) in [5.74, 6) is -0.174. The number of rotatable bonds is 8. The monoisotopic (exact) mass is 463 g/mol. The van der Waals surface area contributed by atoms with Crippen molar-refractivity contribution in [2.24, 2.45) is 0 Å². The lowest BCUT2D eigenvalue weighted by Gasteiger charge is -2.26. The number of hydrogen-bond acceptors (Lipinski definition) is 3. The lowest BCUT2D eigenvalue weighted by molar-refractivity contribution is -0.139. The third-order valence-corrected chi connectivity index (χ3v) is 6.92. The van der Waals surface area contributed by atoms with Crippen molar-refractivity contribution in [3.63, 3.8) is 0 Å². The first-order valence-electron chi connectivity index (χ1n) is 10.1. The summed E-state index contributed by atoms with van der Waals surface area (Å²) >= 11 is 0. The van der Waals surface area contributed by atoms with Gasteiger partial charge in [0.1, 0.15) is 5.75 Å². The summed E-state index contributed by atoms with van der Waals surface area (Å²) in [6.07, 6.45) is -3.04. The summed E-state index contributed by atoms with van der Waals surface area (Å²) in [7, 11) is -4.55. The van der Waals surface area contributed by atoms with E-state index in [2.05, 4.69) is 0 Å². The van der Waals surface area contributed by atoms with Crippen molar-refractivity contribution in [2.45, 2.75) is 37.3 Å². The molecule has 3 rings (SSSR count). The molecule has 4 nitrogen and oxygen atoms in total. The third-order valence-electron chi connectivity index (χ3n) is 5.05. The Morgan fingerprint density at radius 3 is 2.28 bits per heavy atom. The minimum atomic E-state index is -4.83. The second-order valence-electron chi connectivity index (χ2n) is 7.54. The van der Waals surface area contributed by atoms with Gasteiger partial charge >= 0.3 is 6.18 Å². The highest BCUT2D eigenvalue weighted by Gasteiger charge is 2.39. The van der Waals surface area contributed by atoms with Crippen LogP contribution in [0.15, 0.2) is 77.7 Å². The summed E-state index contributed by atoms with van der Waals surface area (Å²) in [4.78, 5) is -0.795. The van der Waals surface area contributed by atoms with E-state index in [4.69, 9.17) is 0 Å². The molecule has 0 bridgehead atoms. The lowest BCUT2D eigenvalue weighted by atomic mass is 10.1. The number of anilines is 1. The van der Waals surface area contributed by atoms with Gasteiger partial charge in [0.15, 0.2) is 0 Å². The van der Waals surface area contributed by atoms with Crippen molar-refractivity contribution in [2.75, 3.05) is 10.8 Å². The van der Waals surface area contributed by atoms with Crippen molar-refractivity contribution in [3.05, 3.63) is 89.5 Å². The normalized spacial score (nSPS) is 12.0. The number of phenolic OH excluding ortho intramolecular Hbond substituents is 1. The van der Waals surface area contributed by atoms with Crippen LogP contribution in [0.2, 0.25) is 0 Å². The molecule has 8 heteroatoms. The zero-order chi connectivity index (χ0) is 23.4. The summed E-state index contributed by atoms with van der Waals surface area (Å²) in [5, 5.41) is 9.84. The van der Waals surface area contributed by atoms with Crippen LogP contribution < -0.4 is 4.31 Å². The average Bonchev–Trinajstić information content (AvgIpc) is 2.73. The second kappa shape index (κ2) is 9.65. The highest BCUT2D eigenvalue weighted by atomic mass is 32.2. The fourth-order valence-electron chi connectivity index (χ4n) is 3.46. The first-order valence-corrected chi connectivity index (χ1v) is 11.6. The Kier molecular flexibility index (Phi) is 7.13. The number of hydrogen-bond donors (Lipinski definition) is 1. The van der Waals surface area contributed by atoms with E-state index in [1.165, 1.54) is 37.3 Å². The number of benzene rings is 3. The molecule has 0 fully saturated rings. The number of nitrogens with zero attached hydrogens (tertiary/aromatic N) is 1. The first kappa shape index (κ1) is 23.7. The van der Waals surface area contributed by atoms with E-state index in [1.54, 1.807) is 0 Å². The Bertz CT molecular complexity index is 1160. The molecule has 0 unspecified atom stereocenters. The van der Waals surface area contributed by atoms with Crippen LogP contribution in [-0.4, -0.2) is 20.1 Å². The van der Waals surface area contributed by atoms with E-state index in [0.29, 0.717) is 24.8 Å². The Labute approximate surface area is 186 Å². The van der Waals surface area contributed by atoms with E-state index < -0.39 is 26.7 Å². The van der Waals surface area contributed by atoms with E-state index in [0.717, 1.165) is 22.0 Å². The molecular formula is C24H24F3NO3S. The van der Waals surface area contributed by atoms with Crippen LogP contribution in [0.1, 0.15) is 29.5 Å². The number of aromatic hydroxyl groups is 1. The van der Waals surface area contributed by atoms with Crippen molar-refractivity contribution in [1.29, 1.82) is 0 Å². The standard InChI is InChI=1S/C24H24F3NO3S/c1-18-13-14-22(24(25,26)27)23(16-18)32(30,31)28(20-11-7-12-21(29)17-20)15-6-5-10-19-8-3-2-4-9-19/h2-4,7-9,11-14,16-17,29H,5-6,10,15H2,1H3. The van der Waals surface area contributed by atoms with Gasteiger partial charge < -0.3 is 5.11 Å². The Balaban J connectivity index is 1.95. The largest absolute Gasteiger partial charge is 0.508 e. The third kappa shape index (κ3) is 5.62. The molecule has 0 aliphatic heterocycles. The smallest absolute Gasteiger partial charge is 0.417 e. The van der Waals surface area contributed by atoms with Gasteiger partial charge in [0.25, 0.3) is 10.0 Å². The number of unbranched alkanes of at least 4 members (excludes halogenated alkanes) is 1. The zero-order valence-corrected chi connectivity index (χ0v) is 18.3. The first-order chi connectivity index (χ1) is 15.1. The molecule has 0 aliphatic rings. The molecule has 0 aliphatic carbocycles. The molecule has 3 aromatic carbocycles. The van der Waals surface area contributed by atoms with Gasteiger partial charge in [-0.3, -0.25) is 4.31 Å². The van der Waals surface area contributed by atoms with Gasteiger partial charge in [-0.05, 0) is 61.6 Å². The van der Waals surface area contributed by atoms with Crippen LogP contribution in [0.5, 0.6) is 5.75 Å². The van der Waals surface area contributed by atoms with E-state index in [9.17, 15) is 26.7 Å². The SMILES string of the molecule is Cc1ccc(C(F)(F)F)c(S(=O)(=O)N(CCCCc2ccccc2)c2cccc(O)c2)c1. The van der Waals surface area contributed by atoms with E-state index >= 15 is 0 Å². The van der Waals surface area contributed by atoms with Crippen LogP contribution in [-0.2, 0) is 22.6 Å². The zero-order valence-electron chi connectivity index (χ0n) is 17.5. The summed E-state index contributed by atoms with van der Waals surface area (Å²) in [6.45, 7) is 1.52. The van der Waals surface area contributed by atoms with Crippen molar-refractivity contribution in [1.82, 2.24) is 0 Å². The van der Waals surface area contributed by atoms with Crippen molar-refractivity contribution < 1.29 is 26.7 Å². The maximum Gasteiger partial charge on any atom is 0.417 e. The van der Waals surface area contributed by atoms with Crippen LogP contribution >= 0.6 is 0 Å². The maximum atomic E-state index is 13.6. The van der Waals surface area contributed by atoms with Crippen molar-refractivity contribution >= 4 is 15.7 Å². The Morgan fingerprint density at radius 1 is 0.906 bits per heavy atom. The molecule has 0 atom stereocenters. The highest BCUT2D eigenvalue weighted by Crippen LogP contribution is 2.37. The van der Waals surface area contributed by atoms with Crippen LogP contribution in [0.3, 0.4) is 0 Å². The molecule has 170 valence electrons. The number of alkyl halides is 3. The molecular weight excluding hydrogens is 439 g/mol. The number of sulfonamides is 1.